The molecule has 1 aliphatic rings. The van der Waals surface area contributed by atoms with Gasteiger partial charge in [0.05, 0.1) is 17.9 Å². The number of benzene rings is 1. The van der Waals surface area contributed by atoms with Gasteiger partial charge in [0.2, 0.25) is 5.91 Å². The Kier molecular flexibility index (Phi) is 4.73. The van der Waals surface area contributed by atoms with Gasteiger partial charge in [-0.3, -0.25) is 9.59 Å². The van der Waals surface area contributed by atoms with Crippen molar-refractivity contribution < 1.29 is 14.7 Å². The zero-order valence-corrected chi connectivity index (χ0v) is 14.0. The maximum Gasteiger partial charge on any atom is 0.305 e. The van der Waals surface area contributed by atoms with Crippen molar-refractivity contribution in [1.29, 1.82) is 0 Å². The molecule has 6 heteroatoms. The molecule has 0 spiro atoms. The van der Waals surface area contributed by atoms with Crippen molar-refractivity contribution in [3.63, 3.8) is 0 Å². The molecule has 2 rings (SSSR count). The Morgan fingerprint density at radius 2 is 1.91 bits per heavy atom. The topological polar surface area (TPSA) is 66.4 Å². The van der Waals surface area contributed by atoms with Crippen molar-refractivity contribution in [2.24, 2.45) is 11.3 Å². The van der Waals surface area contributed by atoms with E-state index in [0.29, 0.717) is 6.42 Å². The van der Waals surface area contributed by atoms with Crippen LogP contribution >= 0.6 is 23.2 Å². The number of alkyl halides is 2. The molecule has 1 aliphatic carbocycles. The highest BCUT2D eigenvalue weighted by Gasteiger charge is 2.76. The molecule has 0 bridgehead atoms. The Morgan fingerprint density at radius 3 is 2.36 bits per heavy atom. The third-order valence-electron chi connectivity index (χ3n) is 4.51. The number of carboxylic acids is 1. The average molecular weight is 344 g/mol. The monoisotopic (exact) mass is 343 g/mol. The summed E-state index contributed by atoms with van der Waals surface area (Å²) in [6, 6.07) is 8.41. The van der Waals surface area contributed by atoms with Crippen molar-refractivity contribution in [3.8, 4) is 0 Å². The summed E-state index contributed by atoms with van der Waals surface area (Å²) in [6.45, 7) is 3.65. The SMILES string of the molecule is CCC1C(Cl)(Cl)C1(C)C(=O)NC(CC(=O)O)c1ccccc1. The fourth-order valence-corrected chi connectivity index (χ4v) is 4.08. The van der Waals surface area contributed by atoms with Gasteiger partial charge >= 0.3 is 5.97 Å². The van der Waals surface area contributed by atoms with E-state index in [9.17, 15) is 9.59 Å². The molecule has 0 heterocycles. The molecular weight excluding hydrogens is 325 g/mol. The van der Waals surface area contributed by atoms with E-state index in [4.69, 9.17) is 28.3 Å². The summed E-state index contributed by atoms with van der Waals surface area (Å²) in [7, 11) is 0. The minimum absolute atomic E-state index is 0.135. The molecule has 4 nitrogen and oxygen atoms in total. The molecule has 0 radical (unpaired) electrons. The largest absolute Gasteiger partial charge is 0.481 e. The molecule has 1 aromatic carbocycles. The first-order valence-corrected chi connectivity index (χ1v) is 7.96. The summed E-state index contributed by atoms with van der Waals surface area (Å²) in [5.74, 6) is -1.42. The predicted molar refractivity (Wildman–Crippen MR) is 85.9 cm³/mol. The quantitative estimate of drug-likeness (QED) is 0.776. The van der Waals surface area contributed by atoms with E-state index in [0.717, 1.165) is 5.56 Å². The predicted octanol–water partition coefficient (Wildman–Crippen LogP) is 3.54. The minimum Gasteiger partial charge on any atom is -0.481 e. The lowest BCUT2D eigenvalue weighted by Gasteiger charge is -2.21. The number of carbonyl (C=O) groups is 2. The van der Waals surface area contributed by atoms with Crippen LogP contribution in [0.2, 0.25) is 0 Å². The smallest absolute Gasteiger partial charge is 0.305 e. The lowest BCUT2D eigenvalue weighted by molar-refractivity contribution is -0.138. The molecule has 1 aromatic rings. The second-order valence-electron chi connectivity index (χ2n) is 5.82. The van der Waals surface area contributed by atoms with Gasteiger partial charge in [-0.2, -0.15) is 0 Å². The Bertz CT molecular complexity index is 576. The summed E-state index contributed by atoms with van der Waals surface area (Å²) in [4.78, 5) is 23.7. The Balaban J connectivity index is 2.18. The molecule has 3 unspecified atom stereocenters. The fourth-order valence-electron chi connectivity index (χ4n) is 3.01. The van der Waals surface area contributed by atoms with Gasteiger partial charge in [-0.1, -0.05) is 37.3 Å². The molecule has 1 fully saturated rings. The maximum atomic E-state index is 12.6. The lowest BCUT2D eigenvalue weighted by atomic mass is 10.00. The van der Waals surface area contributed by atoms with E-state index in [1.165, 1.54) is 0 Å². The second-order valence-corrected chi connectivity index (χ2v) is 7.21. The summed E-state index contributed by atoms with van der Waals surface area (Å²) >= 11 is 12.5. The van der Waals surface area contributed by atoms with Crippen LogP contribution in [0.3, 0.4) is 0 Å². The number of carbonyl (C=O) groups excluding carboxylic acids is 1. The summed E-state index contributed by atoms with van der Waals surface area (Å²) in [5.41, 5.74) is -0.151. The Hall–Kier alpha value is -1.26. The maximum absolute atomic E-state index is 12.6. The highest BCUT2D eigenvalue weighted by atomic mass is 35.5. The van der Waals surface area contributed by atoms with E-state index in [1.807, 2.05) is 13.0 Å². The van der Waals surface area contributed by atoms with Gasteiger partial charge in [-0.25, -0.2) is 0 Å². The third-order valence-corrected chi connectivity index (χ3v) is 5.82. The Morgan fingerprint density at radius 1 is 1.32 bits per heavy atom. The van der Waals surface area contributed by atoms with Gasteiger partial charge in [0.1, 0.15) is 4.33 Å². The summed E-state index contributed by atoms with van der Waals surface area (Å²) in [6.07, 6.45) is 0.492. The molecule has 3 atom stereocenters. The number of aliphatic carboxylic acids is 1. The van der Waals surface area contributed by atoms with Crippen LogP contribution in [0.25, 0.3) is 0 Å². The van der Waals surface area contributed by atoms with Crippen LogP contribution in [0.4, 0.5) is 0 Å². The first-order valence-electron chi connectivity index (χ1n) is 7.20. The van der Waals surface area contributed by atoms with Gasteiger partial charge in [0.25, 0.3) is 0 Å². The molecule has 22 heavy (non-hydrogen) atoms. The number of rotatable bonds is 6. The van der Waals surface area contributed by atoms with E-state index in [2.05, 4.69) is 5.32 Å². The van der Waals surface area contributed by atoms with Crippen molar-refractivity contribution in [3.05, 3.63) is 35.9 Å². The van der Waals surface area contributed by atoms with E-state index in [-0.39, 0.29) is 18.2 Å². The van der Waals surface area contributed by atoms with Crippen LogP contribution in [-0.4, -0.2) is 21.3 Å². The van der Waals surface area contributed by atoms with Gasteiger partial charge < -0.3 is 10.4 Å². The molecule has 1 amide bonds. The van der Waals surface area contributed by atoms with E-state index >= 15 is 0 Å². The zero-order valence-electron chi connectivity index (χ0n) is 12.5. The van der Waals surface area contributed by atoms with Crippen LogP contribution in [0.5, 0.6) is 0 Å². The van der Waals surface area contributed by atoms with Gasteiger partial charge in [0.15, 0.2) is 0 Å². The fraction of sp³-hybridized carbons (Fsp3) is 0.500. The number of hydrogen-bond acceptors (Lipinski definition) is 2. The molecule has 1 saturated carbocycles. The molecule has 0 saturated heterocycles. The van der Waals surface area contributed by atoms with E-state index < -0.39 is 21.8 Å². The number of carboxylic acid groups (broad SMARTS) is 1. The first kappa shape index (κ1) is 17.1. The number of amides is 1. The normalized spacial score (nSPS) is 27.0. The van der Waals surface area contributed by atoms with Gasteiger partial charge in [-0.15, -0.1) is 23.2 Å². The molecule has 0 aromatic heterocycles. The van der Waals surface area contributed by atoms with Crippen LogP contribution in [-0.2, 0) is 9.59 Å². The van der Waals surface area contributed by atoms with Crippen molar-refractivity contribution in [2.45, 2.75) is 37.1 Å². The molecule has 0 aliphatic heterocycles. The minimum atomic E-state index is -1.10. The highest BCUT2D eigenvalue weighted by Crippen LogP contribution is 2.70. The summed E-state index contributed by atoms with van der Waals surface area (Å²) in [5, 5.41) is 11.9. The number of halogens is 2. The van der Waals surface area contributed by atoms with Gasteiger partial charge in [-0.05, 0) is 18.9 Å². The highest BCUT2D eigenvalue weighted by molar-refractivity contribution is 6.53. The van der Waals surface area contributed by atoms with Crippen LogP contribution in [0.1, 0.15) is 38.3 Å². The third kappa shape index (κ3) is 2.82. The van der Waals surface area contributed by atoms with Crippen LogP contribution < -0.4 is 5.32 Å². The average Bonchev–Trinajstić information content (AvgIpc) is 2.92. The van der Waals surface area contributed by atoms with Crippen LogP contribution in [0.15, 0.2) is 30.3 Å². The van der Waals surface area contributed by atoms with Crippen molar-refractivity contribution >= 4 is 35.1 Å². The number of hydrogen-bond donors (Lipinski definition) is 2. The van der Waals surface area contributed by atoms with Crippen molar-refractivity contribution in [1.82, 2.24) is 5.32 Å². The molecular formula is C16H19Cl2NO3. The summed E-state index contributed by atoms with van der Waals surface area (Å²) < 4.78 is -1.10. The van der Waals surface area contributed by atoms with Crippen LogP contribution in [0, 0.1) is 11.3 Å². The van der Waals surface area contributed by atoms with E-state index in [1.54, 1.807) is 31.2 Å². The van der Waals surface area contributed by atoms with Gasteiger partial charge in [0, 0.05) is 5.92 Å². The first-order chi connectivity index (χ1) is 10.2. The van der Waals surface area contributed by atoms with Crippen molar-refractivity contribution in [2.75, 3.05) is 0 Å². The lowest BCUT2D eigenvalue weighted by Crippen LogP contribution is -2.37. The second kappa shape index (κ2) is 6.09. The molecule has 120 valence electrons. The Labute approximate surface area is 139 Å². The zero-order chi connectivity index (χ0) is 16.5. The number of nitrogens with one attached hydrogen (secondary N) is 1. The standard InChI is InChI=1S/C16H19Cl2NO3/c1-3-12-15(2,16(12,17)18)14(22)19-11(9-13(20)21)10-7-5-4-6-8-10/h4-8,11-12H,3,9H2,1-2H3,(H,19,22)(H,20,21). The molecule has 2 N–H and O–H groups in total.